The van der Waals surface area contributed by atoms with Gasteiger partial charge in [-0.25, -0.2) is 0 Å². The highest BCUT2D eigenvalue weighted by atomic mass is 16.5. The number of nitrogens with zero attached hydrogens (tertiary/aromatic N) is 1. The zero-order valence-electron chi connectivity index (χ0n) is 13.2. The van der Waals surface area contributed by atoms with Gasteiger partial charge in [-0.2, -0.15) is 0 Å². The molecule has 2 N–H and O–H groups in total. The van der Waals surface area contributed by atoms with Crippen molar-refractivity contribution in [3.05, 3.63) is 24.3 Å². The summed E-state index contributed by atoms with van der Waals surface area (Å²) in [6.07, 6.45) is 0. The van der Waals surface area contributed by atoms with Crippen LogP contribution in [0.25, 0.3) is 0 Å². The average molecular weight is 280 g/mol. The molecule has 0 radical (unpaired) electrons. The van der Waals surface area contributed by atoms with Crippen LogP contribution in [-0.2, 0) is 0 Å². The number of ether oxygens (including phenoxy) is 2. The molecule has 0 aliphatic heterocycles. The van der Waals surface area contributed by atoms with E-state index in [9.17, 15) is 0 Å². The molecule has 0 aliphatic carbocycles. The van der Waals surface area contributed by atoms with Crippen molar-refractivity contribution in [3.8, 4) is 11.5 Å². The summed E-state index contributed by atoms with van der Waals surface area (Å²) in [5.74, 6) is 1.61. The summed E-state index contributed by atoms with van der Waals surface area (Å²) in [5, 5.41) is 0. The second-order valence-corrected chi connectivity index (χ2v) is 5.83. The minimum absolute atomic E-state index is 0.137. The third-order valence-electron chi connectivity index (χ3n) is 3.13. The Hall–Kier alpha value is -1.26. The molecule has 0 spiro atoms. The smallest absolute Gasteiger partial charge is 0.161 e. The molecule has 0 saturated carbocycles. The first-order valence-corrected chi connectivity index (χ1v) is 7.22. The predicted molar refractivity (Wildman–Crippen MR) is 83.4 cm³/mol. The van der Waals surface area contributed by atoms with E-state index in [1.54, 1.807) is 0 Å². The number of nitrogens with two attached hydrogens (primary N) is 1. The van der Waals surface area contributed by atoms with E-state index in [0.717, 1.165) is 24.6 Å². The SMILES string of the molecule is CCOc1ccccc1OCCN(C)CC(C)(C)CN. The molecular formula is C16H28N2O2. The van der Waals surface area contributed by atoms with Crippen molar-refractivity contribution in [3.63, 3.8) is 0 Å². The van der Waals surface area contributed by atoms with Crippen LogP contribution >= 0.6 is 0 Å². The maximum atomic E-state index is 5.81. The van der Waals surface area contributed by atoms with Crippen molar-refractivity contribution in [2.45, 2.75) is 20.8 Å². The van der Waals surface area contributed by atoms with E-state index < -0.39 is 0 Å². The number of para-hydroxylation sites is 2. The number of benzene rings is 1. The molecule has 0 fully saturated rings. The molecule has 4 heteroatoms. The Labute approximate surface area is 122 Å². The van der Waals surface area contributed by atoms with Crippen LogP contribution < -0.4 is 15.2 Å². The molecule has 114 valence electrons. The lowest BCUT2D eigenvalue weighted by Crippen LogP contribution is -2.38. The van der Waals surface area contributed by atoms with Crippen molar-refractivity contribution in [2.75, 3.05) is 39.9 Å². The fraction of sp³-hybridized carbons (Fsp3) is 0.625. The Bertz CT molecular complexity index is 394. The Morgan fingerprint density at radius 1 is 1.15 bits per heavy atom. The zero-order chi connectivity index (χ0) is 15.0. The summed E-state index contributed by atoms with van der Waals surface area (Å²) in [6.45, 7) is 10.1. The van der Waals surface area contributed by atoms with Gasteiger partial charge in [0.1, 0.15) is 6.61 Å². The van der Waals surface area contributed by atoms with E-state index in [1.165, 1.54) is 0 Å². The van der Waals surface area contributed by atoms with E-state index in [2.05, 4.69) is 25.8 Å². The maximum Gasteiger partial charge on any atom is 0.161 e. The van der Waals surface area contributed by atoms with Crippen molar-refractivity contribution in [1.29, 1.82) is 0 Å². The maximum absolute atomic E-state index is 5.81. The van der Waals surface area contributed by atoms with Gasteiger partial charge in [0.25, 0.3) is 0 Å². The lowest BCUT2D eigenvalue weighted by Gasteiger charge is -2.28. The Kier molecular flexibility index (Phi) is 6.82. The predicted octanol–water partition coefficient (Wildman–Crippen LogP) is 2.38. The molecule has 1 aromatic rings. The van der Waals surface area contributed by atoms with Gasteiger partial charge in [0.2, 0.25) is 0 Å². The molecule has 0 atom stereocenters. The molecule has 0 aliphatic rings. The standard InChI is InChI=1S/C16H28N2O2/c1-5-19-14-8-6-7-9-15(14)20-11-10-18(4)13-16(2,3)12-17/h6-9H,5,10-13,17H2,1-4H3. The molecule has 1 rings (SSSR count). The number of hydrogen-bond acceptors (Lipinski definition) is 4. The zero-order valence-corrected chi connectivity index (χ0v) is 13.2. The van der Waals surface area contributed by atoms with Crippen LogP contribution in [0.3, 0.4) is 0 Å². The van der Waals surface area contributed by atoms with Crippen molar-refractivity contribution in [2.24, 2.45) is 11.1 Å². The third-order valence-corrected chi connectivity index (χ3v) is 3.13. The van der Waals surface area contributed by atoms with Gasteiger partial charge in [-0.05, 0) is 38.1 Å². The fourth-order valence-electron chi connectivity index (χ4n) is 2.03. The van der Waals surface area contributed by atoms with E-state index in [0.29, 0.717) is 19.8 Å². The van der Waals surface area contributed by atoms with Crippen LogP contribution in [0.15, 0.2) is 24.3 Å². The molecular weight excluding hydrogens is 252 g/mol. The van der Waals surface area contributed by atoms with Crippen molar-refractivity contribution < 1.29 is 9.47 Å². The quantitative estimate of drug-likeness (QED) is 0.754. The van der Waals surface area contributed by atoms with Crippen LogP contribution in [0.1, 0.15) is 20.8 Å². The summed E-state index contributed by atoms with van der Waals surface area (Å²) < 4.78 is 11.3. The first kappa shape index (κ1) is 16.8. The highest BCUT2D eigenvalue weighted by Gasteiger charge is 2.17. The minimum atomic E-state index is 0.137. The second-order valence-electron chi connectivity index (χ2n) is 5.83. The van der Waals surface area contributed by atoms with Crippen molar-refractivity contribution in [1.82, 2.24) is 4.90 Å². The lowest BCUT2D eigenvalue weighted by molar-refractivity contribution is 0.178. The van der Waals surface area contributed by atoms with Gasteiger partial charge in [0.05, 0.1) is 6.61 Å². The van der Waals surface area contributed by atoms with Gasteiger partial charge in [0, 0.05) is 13.1 Å². The monoisotopic (exact) mass is 280 g/mol. The topological polar surface area (TPSA) is 47.7 Å². The third kappa shape index (κ3) is 5.80. The van der Waals surface area contributed by atoms with Gasteiger partial charge in [-0.1, -0.05) is 26.0 Å². The van der Waals surface area contributed by atoms with Crippen LogP contribution in [-0.4, -0.2) is 44.8 Å². The summed E-state index contributed by atoms with van der Waals surface area (Å²) in [7, 11) is 2.09. The fourth-order valence-corrected chi connectivity index (χ4v) is 2.03. The normalized spacial score (nSPS) is 11.7. The molecule has 0 aromatic heterocycles. The number of likely N-dealkylation sites (N-methyl/N-ethyl adjacent to an activating group) is 1. The molecule has 0 heterocycles. The highest BCUT2D eigenvalue weighted by molar-refractivity contribution is 5.39. The van der Waals surface area contributed by atoms with Gasteiger partial charge >= 0.3 is 0 Å². The van der Waals surface area contributed by atoms with E-state index >= 15 is 0 Å². The minimum Gasteiger partial charge on any atom is -0.490 e. The average Bonchev–Trinajstić information content (AvgIpc) is 2.40. The van der Waals surface area contributed by atoms with Gasteiger partial charge in [0.15, 0.2) is 11.5 Å². The molecule has 1 aromatic carbocycles. The Balaban J connectivity index is 2.41. The summed E-state index contributed by atoms with van der Waals surface area (Å²) >= 11 is 0. The summed E-state index contributed by atoms with van der Waals surface area (Å²) in [5.41, 5.74) is 5.89. The Morgan fingerprint density at radius 2 is 1.75 bits per heavy atom. The first-order valence-electron chi connectivity index (χ1n) is 7.22. The van der Waals surface area contributed by atoms with Gasteiger partial charge < -0.3 is 20.1 Å². The first-order chi connectivity index (χ1) is 9.48. The molecule has 0 unspecified atom stereocenters. The van der Waals surface area contributed by atoms with Crippen LogP contribution in [0.2, 0.25) is 0 Å². The van der Waals surface area contributed by atoms with Gasteiger partial charge in [-0.3, -0.25) is 0 Å². The van der Waals surface area contributed by atoms with Gasteiger partial charge in [-0.15, -0.1) is 0 Å². The van der Waals surface area contributed by atoms with Crippen LogP contribution in [0.4, 0.5) is 0 Å². The molecule has 4 nitrogen and oxygen atoms in total. The lowest BCUT2D eigenvalue weighted by atomic mass is 9.93. The van der Waals surface area contributed by atoms with Crippen molar-refractivity contribution >= 4 is 0 Å². The van der Waals surface area contributed by atoms with Crippen LogP contribution in [0.5, 0.6) is 11.5 Å². The number of rotatable bonds is 9. The van der Waals surface area contributed by atoms with E-state index in [-0.39, 0.29) is 5.41 Å². The summed E-state index contributed by atoms with van der Waals surface area (Å²) in [4.78, 5) is 2.25. The summed E-state index contributed by atoms with van der Waals surface area (Å²) in [6, 6.07) is 7.78. The van der Waals surface area contributed by atoms with Crippen LogP contribution in [0, 0.1) is 5.41 Å². The highest BCUT2D eigenvalue weighted by Crippen LogP contribution is 2.26. The molecule has 0 saturated heterocycles. The largest absolute Gasteiger partial charge is 0.490 e. The molecule has 0 amide bonds. The Morgan fingerprint density at radius 3 is 2.30 bits per heavy atom. The second kappa shape index (κ2) is 8.12. The van der Waals surface area contributed by atoms with E-state index in [1.807, 2.05) is 31.2 Å². The molecule has 0 bridgehead atoms. The number of hydrogen-bond donors (Lipinski definition) is 1. The van der Waals surface area contributed by atoms with E-state index in [4.69, 9.17) is 15.2 Å². The molecule has 20 heavy (non-hydrogen) atoms.